The minimum atomic E-state index is -0.319. The quantitative estimate of drug-likeness (QED) is 0.587. The lowest BCUT2D eigenvalue weighted by Crippen LogP contribution is -2.42. The number of piperazine rings is 1. The molecular formula is C21H30N8O. The van der Waals surface area contributed by atoms with Crippen LogP contribution in [0.25, 0.3) is 10.9 Å². The second kappa shape index (κ2) is 10.1. The Kier molecular flexibility index (Phi) is 7.31. The van der Waals surface area contributed by atoms with Crippen LogP contribution in [-0.4, -0.2) is 65.3 Å². The van der Waals surface area contributed by atoms with Gasteiger partial charge in [0.1, 0.15) is 16.7 Å². The molecule has 4 rings (SSSR count). The van der Waals surface area contributed by atoms with Gasteiger partial charge in [-0.2, -0.15) is 10.1 Å². The van der Waals surface area contributed by atoms with Gasteiger partial charge >= 0.3 is 0 Å². The first-order valence-electron chi connectivity index (χ1n) is 10.3. The Morgan fingerprint density at radius 3 is 2.47 bits per heavy atom. The number of nitrogens with zero attached hydrogens (tertiary/aromatic N) is 5. The van der Waals surface area contributed by atoms with Crippen molar-refractivity contribution in [2.45, 2.75) is 20.4 Å². The fraction of sp³-hybridized carbons (Fsp3) is 0.429. The van der Waals surface area contributed by atoms with E-state index >= 15 is 0 Å². The van der Waals surface area contributed by atoms with E-state index in [1.165, 1.54) is 11.8 Å². The fourth-order valence-corrected chi connectivity index (χ4v) is 3.24. The number of aromatic amines is 1. The normalized spacial score (nSPS) is 14.1. The Morgan fingerprint density at radius 1 is 1.10 bits per heavy atom. The SMILES string of the molecule is CC.CN(C)c1nc(Nc2ccc(CN3CCNCC3)cc2)c2c(=O)[nH]ncc2n1. The summed E-state index contributed by atoms with van der Waals surface area (Å²) in [6, 6.07) is 8.23. The molecular weight excluding hydrogens is 380 g/mol. The zero-order chi connectivity index (χ0) is 21.5. The molecule has 0 radical (unpaired) electrons. The lowest BCUT2D eigenvalue weighted by Gasteiger charge is -2.27. The van der Waals surface area contributed by atoms with Gasteiger partial charge in [0.15, 0.2) is 0 Å². The summed E-state index contributed by atoms with van der Waals surface area (Å²) in [5.41, 5.74) is 2.31. The van der Waals surface area contributed by atoms with E-state index < -0.39 is 0 Å². The van der Waals surface area contributed by atoms with Gasteiger partial charge in [-0.15, -0.1) is 0 Å². The average molecular weight is 411 g/mol. The van der Waals surface area contributed by atoms with E-state index in [4.69, 9.17) is 0 Å². The molecule has 9 heteroatoms. The van der Waals surface area contributed by atoms with E-state index in [2.05, 4.69) is 47.8 Å². The number of benzene rings is 1. The average Bonchev–Trinajstić information content (AvgIpc) is 2.77. The molecule has 1 aliphatic heterocycles. The summed E-state index contributed by atoms with van der Waals surface area (Å²) < 4.78 is 0. The van der Waals surface area contributed by atoms with Crippen molar-refractivity contribution in [1.82, 2.24) is 30.4 Å². The first kappa shape index (κ1) is 21.7. The van der Waals surface area contributed by atoms with Crippen molar-refractivity contribution in [3.05, 3.63) is 46.4 Å². The predicted octanol–water partition coefficient (Wildman–Crippen LogP) is 1.95. The van der Waals surface area contributed by atoms with Gasteiger partial charge in [0.05, 0.1) is 6.20 Å². The van der Waals surface area contributed by atoms with Gasteiger partial charge in [-0.1, -0.05) is 26.0 Å². The Balaban J connectivity index is 0.00000124. The zero-order valence-corrected chi connectivity index (χ0v) is 18.1. The Morgan fingerprint density at radius 2 is 1.80 bits per heavy atom. The molecule has 160 valence electrons. The molecule has 1 aromatic carbocycles. The molecule has 9 nitrogen and oxygen atoms in total. The van der Waals surface area contributed by atoms with Crippen LogP contribution in [-0.2, 0) is 6.54 Å². The molecule has 1 saturated heterocycles. The van der Waals surface area contributed by atoms with E-state index in [1.807, 2.05) is 40.1 Å². The minimum Gasteiger partial charge on any atom is -0.347 e. The van der Waals surface area contributed by atoms with Crippen LogP contribution in [0.5, 0.6) is 0 Å². The van der Waals surface area contributed by atoms with Crippen molar-refractivity contribution in [3.63, 3.8) is 0 Å². The number of hydrogen-bond donors (Lipinski definition) is 3. The highest BCUT2D eigenvalue weighted by Crippen LogP contribution is 2.23. The van der Waals surface area contributed by atoms with Crippen LogP contribution in [0, 0.1) is 0 Å². The molecule has 0 bridgehead atoms. The molecule has 1 fully saturated rings. The molecule has 0 unspecified atom stereocenters. The maximum atomic E-state index is 12.3. The number of hydrogen-bond acceptors (Lipinski definition) is 8. The van der Waals surface area contributed by atoms with Crippen LogP contribution >= 0.6 is 0 Å². The van der Waals surface area contributed by atoms with Crippen molar-refractivity contribution in [3.8, 4) is 0 Å². The van der Waals surface area contributed by atoms with Crippen LogP contribution in [0.3, 0.4) is 0 Å². The largest absolute Gasteiger partial charge is 0.347 e. The molecule has 0 saturated carbocycles. The molecule has 3 heterocycles. The number of rotatable bonds is 5. The number of aromatic nitrogens is 4. The van der Waals surface area contributed by atoms with Crippen LogP contribution in [0.15, 0.2) is 35.3 Å². The Hall–Kier alpha value is -3.04. The lowest BCUT2D eigenvalue weighted by molar-refractivity contribution is 0.233. The molecule has 30 heavy (non-hydrogen) atoms. The Bertz CT molecular complexity index is 1010. The third-order valence-electron chi connectivity index (χ3n) is 4.74. The second-order valence-electron chi connectivity index (χ2n) is 7.07. The van der Waals surface area contributed by atoms with Gasteiger partial charge in [0.2, 0.25) is 5.95 Å². The highest BCUT2D eigenvalue weighted by atomic mass is 16.1. The topological polar surface area (TPSA) is 102 Å². The smallest absolute Gasteiger partial charge is 0.277 e. The highest BCUT2D eigenvalue weighted by Gasteiger charge is 2.14. The van der Waals surface area contributed by atoms with Crippen molar-refractivity contribution in [1.29, 1.82) is 0 Å². The molecule has 0 aliphatic carbocycles. The van der Waals surface area contributed by atoms with Crippen LogP contribution in [0.2, 0.25) is 0 Å². The molecule has 1 aliphatic rings. The van der Waals surface area contributed by atoms with Gasteiger partial charge in [-0.05, 0) is 17.7 Å². The zero-order valence-electron chi connectivity index (χ0n) is 18.1. The summed E-state index contributed by atoms with van der Waals surface area (Å²) >= 11 is 0. The maximum Gasteiger partial charge on any atom is 0.277 e. The van der Waals surface area contributed by atoms with Crippen molar-refractivity contribution < 1.29 is 0 Å². The first-order chi connectivity index (χ1) is 14.6. The molecule has 0 atom stereocenters. The molecule has 0 spiro atoms. The molecule has 3 aromatic rings. The number of H-pyrrole nitrogens is 1. The third kappa shape index (κ3) is 5.11. The van der Waals surface area contributed by atoms with Gasteiger partial charge in [-0.3, -0.25) is 9.69 Å². The summed E-state index contributed by atoms with van der Waals surface area (Å²) in [6.07, 6.45) is 1.53. The number of anilines is 3. The number of nitrogens with one attached hydrogen (secondary N) is 3. The van der Waals surface area contributed by atoms with Gasteiger partial charge in [-0.25, -0.2) is 10.1 Å². The van der Waals surface area contributed by atoms with Crippen molar-refractivity contribution >= 4 is 28.4 Å². The van der Waals surface area contributed by atoms with E-state index in [1.54, 1.807) is 4.90 Å². The van der Waals surface area contributed by atoms with E-state index in [0.29, 0.717) is 22.7 Å². The van der Waals surface area contributed by atoms with Gasteiger partial charge < -0.3 is 15.5 Å². The van der Waals surface area contributed by atoms with Crippen LogP contribution in [0.1, 0.15) is 19.4 Å². The third-order valence-corrected chi connectivity index (χ3v) is 4.74. The predicted molar refractivity (Wildman–Crippen MR) is 122 cm³/mol. The molecule has 3 N–H and O–H groups in total. The van der Waals surface area contributed by atoms with Crippen LogP contribution in [0.4, 0.5) is 17.5 Å². The van der Waals surface area contributed by atoms with Crippen molar-refractivity contribution in [2.24, 2.45) is 0 Å². The second-order valence-corrected chi connectivity index (χ2v) is 7.07. The monoisotopic (exact) mass is 410 g/mol. The maximum absolute atomic E-state index is 12.3. The summed E-state index contributed by atoms with van der Waals surface area (Å²) in [5, 5.41) is 13.3. The van der Waals surface area contributed by atoms with E-state index in [9.17, 15) is 4.79 Å². The van der Waals surface area contributed by atoms with Crippen LogP contribution < -0.4 is 21.1 Å². The standard InChI is InChI=1S/C19H24N8O.C2H6/c1-26(2)19-23-15-11-21-25-18(28)16(15)17(24-19)22-14-5-3-13(4-6-14)12-27-9-7-20-8-10-27;1-2/h3-6,11,20H,7-10,12H2,1-2H3,(H,25,28)(H,22,23,24);1-2H3. The lowest BCUT2D eigenvalue weighted by atomic mass is 10.2. The molecule has 0 amide bonds. The van der Waals surface area contributed by atoms with Gasteiger partial charge in [0, 0.05) is 52.5 Å². The summed E-state index contributed by atoms with van der Waals surface area (Å²) in [7, 11) is 3.72. The number of fused-ring (bicyclic) bond motifs is 1. The summed E-state index contributed by atoms with van der Waals surface area (Å²) in [5.74, 6) is 0.977. The van der Waals surface area contributed by atoms with Crippen molar-refractivity contribution in [2.75, 3.05) is 50.5 Å². The van der Waals surface area contributed by atoms with E-state index in [0.717, 1.165) is 38.4 Å². The Labute approximate surface area is 176 Å². The minimum absolute atomic E-state index is 0.319. The first-order valence-corrected chi connectivity index (χ1v) is 10.3. The van der Waals surface area contributed by atoms with E-state index in [-0.39, 0.29) is 5.56 Å². The summed E-state index contributed by atoms with van der Waals surface area (Å²) in [6.45, 7) is 9.15. The highest BCUT2D eigenvalue weighted by molar-refractivity contribution is 5.90. The molecule has 2 aromatic heterocycles. The summed E-state index contributed by atoms with van der Waals surface area (Å²) in [4.78, 5) is 25.4. The van der Waals surface area contributed by atoms with Gasteiger partial charge in [0.25, 0.3) is 5.56 Å². The fourth-order valence-electron chi connectivity index (χ4n) is 3.24.